The van der Waals surface area contributed by atoms with Crippen molar-refractivity contribution in [2.45, 2.75) is 63.5 Å². The maximum absolute atomic E-state index is 14.2. The first-order valence-corrected chi connectivity index (χ1v) is 13.9. The number of likely N-dealkylation sites (tertiary alicyclic amines) is 1. The quantitative estimate of drug-likeness (QED) is 0.348. The molecule has 0 spiro atoms. The molecule has 0 aromatic heterocycles. The average Bonchev–Trinajstić information content (AvgIpc) is 2.88. The van der Waals surface area contributed by atoms with Crippen LogP contribution < -0.4 is 16.0 Å². The Kier molecular flexibility index (Phi) is 12.2. The Morgan fingerprint density at radius 3 is 2.65 bits per heavy atom. The van der Waals surface area contributed by atoms with Crippen molar-refractivity contribution in [3.05, 3.63) is 34.6 Å². The number of urea groups is 1. The van der Waals surface area contributed by atoms with E-state index >= 15 is 0 Å². The Morgan fingerprint density at radius 2 is 1.95 bits per heavy atom. The molecule has 1 saturated carbocycles. The zero-order valence-electron chi connectivity index (χ0n) is 22.1. The number of likely N-dealkylation sites (N-methyl/N-ethyl adjacent to an activating group) is 1. The number of piperidine rings is 1. The predicted molar refractivity (Wildman–Crippen MR) is 142 cm³/mol. The molecule has 10 heteroatoms. The average molecular weight is 541 g/mol. The van der Waals surface area contributed by atoms with Crippen LogP contribution in [0.2, 0.25) is 5.02 Å². The molecule has 0 bridgehead atoms. The van der Waals surface area contributed by atoms with Crippen LogP contribution in [0, 0.1) is 17.7 Å². The second-order valence-electron chi connectivity index (χ2n) is 10.2. The molecule has 1 heterocycles. The fraction of sp³-hybridized carbons (Fsp3) is 0.704. The first kappa shape index (κ1) is 29.5. The van der Waals surface area contributed by atoms with Crippen LogP contribution in [0.15, 0.2) is 18.2 Å². The van der Waals surface area contributed by atoms with Gasteiger partial charge in [-0.25, -0.2) is 14.0 Å². The van der Waals surface area contributed by atoms with Gasteiger partial charge in [-0.2, -0.15) is 0 Å². The summed E-state index contributed by atoms with van der Waals surface area (Å²) < 4.78 is 25.0. The third kappa shape index (κ3) is 9.61. The van der Waals surface area contributed by atoms with Gasteiger partial charge >= 0.3 is 12.1 Å². The fourth-order valence-corrected chi connectivity index (χ4v) is 5.86. The molecule has 2 aliphatic rings. The van der Waals surface area contributed by atoms with Gasteiger partial charge in [-0.1, -0.05) is 43.7 Å². The number of benzene rings is 1. The Labute approximate surface area is 225 Å². The van der Waals surface area contributed by atoms with E-state index in [4.69, 9.17) is 16.3 Å². The third-order valence-corrected chi connectivity index (χ3v) is 7.58. The summed E-state index contributed by atoms with van der Waals surface area (Å²) in [6.45, 7) is 2.35. The molecule has 1 saturated heterocycles. The maximum Gasteiger partial charge on any atom is 0.406 e. The van der Waals surface area contributed by atoms with Crippen molar-refractivity contribution in [2.24, 2.45) is 11.8 Å². The summed E-state index contributed by atoms with van der Waals surface area (Å²) in [7, 11) is 3.21. The van der Waals surface area contributed by atoms with Gasteiger partial charge in [0.1, 0.15) is 5.82 Å². The highest BCUT2D eigenvalue weighted by Gasteiger charge is 2.32. The standard InChI is InChI=1S/C27H42ClFN4O4/c1-30-17-24(13-19-7-4-3-5-8-19)32-26(34)33-11-6-9-20(18-33)25(37-12-10-31-27(35)36-2)21-14-22(28)16-23(29)15-21/h14-16,19-20,24-25,30H,3-13,17-18H2,1-2H3,(H,31,35)(H,32,34)/t20-,24+,25-/m1/s1. The molecule has 3 rings (SSSR count). The third-order valence-electron chi connectivity index (χ3n) is 7.36. The molecule has 3 amide bonds. The van der Waals surface area contributed by atoms with Crippen molar-refractivity contribution >= 4 is 23.7 Å². The van der Waals surface area contributed by atoms with Crippen molar-refractivity contribution < 1.29 is 23.5 Å². The lowest BCUT2D eigenvalue weighted by Crippen LogP contribution is -2.52. The lowest BCUT2D eigenvalue weighted by molar-refractivity contribution is -0.00880. The van der Waals surface area contributed by atoms with Gasteiger partial charge in [0.05, 0.1) is 19.8 Å². The zero-order chi connectivity index (χ0) is 26.6. The molecule has 1 aliphatic heterocycles. The fourth-order valence-electron chi connectivity index (χ4n) is 5.63. The topological polar surface area (TPSA) is 91.9 Å². The number of nitrogens with zero attached hydrogens (tertiary/aromatic N) is 1. The monoisotopic (exact) mass is 540 g/mol. The van der Waals surface area contributed by atoms with E-state index in [1.807, 2.05) is 11.9 Å². The molecule has 1 aromatic carbocycles. The molecule has 37 heavy (non-hydrogen) atoms. The lowest BCUT2D eigenvalue weighted by Gasteiger charge is -2.38. The summed E-state index contributed by atoms with van der Waals surface area (Å²) >= 11 is 6.15. The number of methoxy groups -OCH3 is 1. The highest BCUT2D eigenvalue weighted by atomic mass is 35.5. The summed E-state index contributed by atoms with van der Waals surface area (Å²) in [6, 6.07) is 4.41. The van der Waals surface area contributed by atoms with Gasteiger partial charge in [0.15, 0.2) is 0 Å². The number of nitrogens with one attached hydrogen (secondary N) is 3. The van der Waals surface area contributed by atoms with Gasteiger partial charge < -0.3 is 30.3 Å². The van der Waals surface area contributed by atoms with E-state index in [0.717, 1.165) is 25.8 Å². The molecule has 1 aliphatic carbocycles. The molecule has 208 valence electrons. The first-order valence-electron chi connectivity index (χ1n) is 13.5. The summed E-state index contributed by atoms with van der Waals surface area (Å²) in [6.07, 6.45) is 7.97. The molecule has 3 N–H and O–H groups in total. The first-order chi connectivity index (χ1) is 17.9. The Hall–Kier alpha value is -2.10. The highest BCUT2D eigenvalue weighted by molar-refractivity contribution is 6.30. The van der Waals surface area contributed by atoms with E-state index in [9.17, 15) is 14.0 Å². The van der Waals surface area contributed by atoms with Crippen molar-refractivity contribution in [1.29, 1.82) is 0 Å². The smallest absolute Gasteiger partial charge is 0.406 e. The zero-order valence-corrected chi connectivity index (χ0v) is 22.8. The van der Waals surface area contributed by atoms with Crippen molar-refractivity contribution in [2.75, 3.05) is 46.9 Å². The number of hydrogen-bond donors (Lipinski definition) is 3. The molecule has 8 nitrogen and oxygen atoms in total. The SMILES string of the molecule is CNC[C@H](CC1CCCCC1)NC(=O)N1CCC[C@@H]([C@@H](OCCNC(=O)OC)c2cc(F)cc(Cl)c2)C1. The number of amides is 3. The minimum Gasteiger partial charge on any atom is -0.453 e. The number of alkyl carbamates (subject to hydrolysis) is 1. The largest absolute Gasteiger partial charge is 0.453 e. The van der Waals surface area contributed by atoms with Crippen LogP contribution in [0.1, 0.15) is 63.0 Å². The molecule has 3 atom stereocenters. The van der Waals surface area contributed by atoms with Crippen LogP contribution in [-0.2, 0) is 9.47 Å². The van der Waals surface area contributed by atoms with Gasteiger partial charge in [0.25, 0.3) is 0 Å². The van der Waals surface area contributed by atoms with Gasteiger partial charge in [-0.15, -0.1) is 0 Å². The minimum absolute atomic E-state index is 0.0448. The number of hydrogen-bond acceptors (Lipinski definition) is 5. The van der Waals surface area contributed by atoms with Crippen LogP contribution >= 0.6 is 11.6 Å². The summed E-state index contributed by atoms with van der Waals surface area (Å²) in [5, 5.41) is 9.37. The maximum atomic E-state index is 14.2. The van der Waals surface area contributed by atoms with Crippen molar-refractivity contribution in [1.82, 2.24) is 20.9 Å². The molecular weight excluding hydrogens is 499 g/mol. The second kappa shape index (κ2) is 15.3. The van der Waals surface area contributed by atoms with Gasteiger partial charge in [0.2, 0.25) is 0 Å². The van der Waals surface area contributed by atoms with Crippen LogP contribution in [0.5, 0.6) is 0 Å². The number of ether oxygens (including phenoxy) is 2. The van der Waals surface area contributed by atoms with E-state index < -0.39 is 18.0 Å². The molecule has 0 radical (unpaired) electrons. The summed E-state index contributed by atoms with van der Waals surface area (Å²) in [5.41, 5.74) is 0.626. The van der Waals surface area contributed by atoms with Crippen LogP contribution in [0.25, 0.3) is 0 Å². The number of carbonyl (C=O) groups is 2. The number of carbonyl (C=O) groups excluding carboxylic acids is 2. The molecule has 0 unspecified atom stereocenters. The van der Waals surface area contributed by atoms with Crippen LogP contribution in [-0.4, -0.2) is 70.0 Å². The van der Waals surface area contributed by atoms with E-state index in [0.29, 0.717) is 29.6 Å². The number of rotatable bonds is 11. The van der Waals surface area contributed by atoms with Crippen molar-refractivity contribution in [3.63, 3.8) is 0 Å². The van der Waals surface area contributed by atoms with E-state index in [1.165, 1.54) is 51.3 Å². The van der Waals surface area contributed by atoms with Crippen molar-refractivity contribution in [3.8, 4) is 0 Å². The Morgan fingerprint density at radius 1 is 1.16 bits per heavy atom. The predicted octanol–water partition coefficient (Wildman–Crippen LogP) is 4.87. The van der Waals surface area contributed by atoms with E-state index in [-0.39, 0.29) is 31.1 Å². The van der Waals surface area contributed by atoms with Crippen LogP contribution in [0.3, 0.4) is 0 Å². The van der Waals surface area contributed by atoms with Gasteiger partial charge in [0, 0.05) is 43.2 Å². The Bertz CT molecular complexity index is 851. The Balaban J connectivity index is 1.65. The second-order valence-corrected chi connectivity index (χ2v) is 10.6. The lowest BCUT2D eigenvalue weighted by atomic mass is 9.85. The normalized spacial score (nSPS) is 20.2. The summed E-state index contributed by atoms with van der Waals surface area (Å²) in [4.78, 5) is 26.5. The van der Waals surface area contributed by atoms with Gasteiger partial charge in [-0.05, 0) is 56.0 Å². The molecule has 1 aromatic rings. The molecular formula is C27H42ClFN4O4. The highest BCUT2D eigenvalue weighted by Crippen LogP contribution is 2.34. The minimum atomic E-state index is -0.543. The van der Waals surface area contributed by atoms with E-state index in [2.05, 4.69) is 20.7 Å². The summed E-state index contributed by atoms with van der Waals surface area (Å²) in [5.74, 6) is 0.180. The molecule has 2 fully saturated rings. The van der Waals surface area contributed by atoms with Gasteiger partial charge in [-0.3, -0.25) is 0 Å². The number of halogens is 2. The van der Waals surface area contributed by atoms with E-state index in [1.54, 1.807) is 6.07 Å². The van der Waals surface area contributed by atoms with Crippen LogP contribution in [0.4, 0.5) is 14.0 Å².